The summed E-state index contributed by atoms with van der Waals surface area (Å²) in [5, 5.41) is 10.8. The Bertz CT molecular complexity index is 1720. The fourth-order valence-corrected chi connectivity index (χ4v) is 6.44. The second-order valence-corrected chi connectivity index (χ2v) is 12.0. The first kappa shape index (κ1) is 30.1. The van der Waals surface area contributed by atoms with Gasteiger partial charge in [-0.25, -0.2) is 13.1 Å². The van der Waals surface area contributed by atoms with Crippen molar-refractivity contribution >= 4 is 38.4 Å². The average Bonchev–Trinajstić information content (AvgIpc) is 3.38. The van der Waals surface area contributed by atoms with E-state index >= 15 is 0 Å². The fraction of sp³-hybridized carbons (Fsp3) is 0.276. The van der Waals surface area contributed by atoms with Crippen LogP contribution < -0.4 is 4.72 Å². The number of morpholine rings is 1. The number of aliphatic hydroxyl groups is 1. The molecule has 1 fully saturated rings. The Morgan fingerprint density at radius 2 is 1.81 bits per heavy atom. The smallest absolute Gasteiger partial charge is 0.395 e. The third-order valence-electron chi connectivity index (χ3n) is 7.06. The van der Waals surface area contributed by atoms with E-state index in [0.29, 0.717) is 32.4 Å². The summed E-state index contributed by atoms with van der Waals surface area (Å²) in [6.45, 7) is 0.951. The lowest BCUT2D eigenvalue weighted by Gasteiger charge is -2.27. The molecule has 1 aliphatic rings. The van der Waals surface area contributed by atoms with E-state index in [0.717, 1.165) is 28.6 Å². The van der Waals surface area contributed by atoms with Crippen LogP contribution >= 0.6 is 11.6 Å². The number of fused-ring (bicyclic) bond motifs is 1. The van der Waals surface area contributed by atoms with Crippen LogP contribution in [0.3, 0.4) is 0 Å². The number of ether oxygens (including phenoxy) is 1. The predicted octanol–water partition coefficient (Wildman–Crippen LogP) is 4.86. The topological polar surface area (TPSA) is 112 Å². The number of carbonyl (C=O) groups is 1. The number of aliphatic hydroxyl groups excluding tert-OH is 1. The third-order valence-corrected chi connectivity index (χ3v) is 8.87. The highest BCUT2D eigenvalue weighted by Crippen LogP contribution is 2.36. The largest absolute Gasteiger partial charge is 0.416 e. The van der Waals surface area contributed by atoms with Crippen LogP contribution in [-0.2, 0) is 27.4 Å². The first-order valence-corrected chi connectivity index (χ1v) is 14.9. The van der Waals surface area contributed by atoms with Crippen LogP contribution in [0.25, 0.3) is 22.0 Å². The lowest BCUT2D eigenvalue weighted by Crippen LogP contribution is -2.40. The fourth-order valence-electron chi connectivity index (χ4n) is 4.89. The maximum absolute atomic E-state index is 13.9. The van der Waals surface area contributed by atoms with E-state index < -0.39 is 39.3 Å². The molecule has 1 atom stereocenters. The standard InChI is InChI=1S/C29H27ClF3N3O5S/c30-26-14-18(5-6-25(26)28(38)36-7-9-41-10-8-36)19-11-21(29(31,32)33)15-23(13-19)42(39,40)35-22(17-37)12-20-16-34-27-4-2-1-3-24(20)27/h1-6,11,13-16,22,34-35,37H,7-10,12,17H2/t22-/m1/s1. The van der Waals surface area contributed by atoms with Gasteiger partial charge >= 0.3 is 6.18 Å². The van der Waals surface area contributed by atoms with Crippen molar-refractivity contribution in [1.82, 2.24) is 14.6 Å². The monoisotopic (exact) mass is 621 g/mol. The van der Waals surface area contributed by atoms with E-state index in [2.05, 4.69) is 9.71 Å². The van der Waals surface area contributed by atoms with E-state index in [4.69, 9.17) is 16.3 Å². The molecular weight excluding hydrogens is 595 g/mol. The number of halogens is 4. The van der Waals surface area contributed by atoms with Gasteiger partial charge in [-0.2, -0.15) is 13.2 Å². The number of H-pyrrole nitrogens is 1. The molecule has 13 heteroatoms. The molecule has 0 radical (unpaired) electrons. The Labute approximate surface area is 245 Å². The first-order chi connectivity index (χ1) is 20.0. The Morgan fingerprint density at radius 1 is 1.07 bits per heavy atom. The average molecular weight is 622 g/mol. The zero-order valence-corrected chi connectivity index (χ0v) is 23.7. The molecule has 1 aromatic heterocycles. The van der Waals surface area contributed by atoms with E-state index in [-0.39, 0.29) is 34.0 Å². The second-order valence-electron chi connectivity index (χ2n) is 9.91. The molecule has 222 valence electrons. The molecule has 2 heterocycles. The van der Waals surface area contributed by atoms with E-state index in [9.17, 15) is 31.5 Å². The van der Waals surface area contributed by atoms with Crippen molar-refractivity contribution in [3.8, 4) is 11.1 Å². The maximum Gasteiger partial charge on any atom is 0.416 e. The molecule has 3 N–H and O–H groups in total. The van der Waals surface area contributed by atoms with Crippen molar-refractivity contribution < 1.29 is 36.2 Å². The number of nitrogens with one attached hydrogen (secondary N) is 2. The number of hydrogen-bond acceptors (Lipinski definition) is 5. The molecule has 0 aliphatic carbocycles. The number of aromatic nitrogens is 1. The van der Waals surface area contributed by atoms with Gasteiger partial charge in [0.05, 0.1) is 40.9 Å². The highest BCUT2D eigenvalue weighted by Gasteiger charge is 2.33. The van der Waals surface area contributed by atoms with Gasteiger partial charge in [-0.1, -0.05) is 35.9 Å². The minimum absolute atomic E-state index is 0.0167. The van der Waals surface area contributed by atoms with Gasteiger partial charge in [-0.05, 0) is 59.5 Å². The quantitative estimate of drug-likeness (QED) is 0.260. The van der Waals surface area contributed by atoms with Gasteiger partial charge in [-0.15, -0.1) is 0 Å². The zero-order valence-electron chi connectivity index (χ0n) is 22.1. The SMILES string of the molecule is O=C(c1ccc(-c2cc(C(F)(F)F)cc(S(=O)(=O)N[C@@H](CO)Cc3c[nH]c4ccccc34)c2)cc1Cl)N1CCOCC1. The van der Waals surface area contributed by atoms with Crippen LogP contribution in [-0.4, -0.2) is 68.3 Å². The zero-order chi connectivity index (χ0) is 30.1. The number of hydrogen-bond donors (Lipinski definition) is 3. The second kappa shape index (κ2) is 12.1. The van der Waals surface area contributed by atoms with Crippen LogP contribution in [0.15, 0.2) is 71.8 Å². The Hall–Kier alpha value is -3.42. The number of aromatic amines is 1. The molecular formula is C29H27ClF3N3O5S. The van der Waals surface area contributed by atoms with Gasteiger partial charge < -0.3 is 19.7 Å². The van der Waals surface area contributed by atoms with E-state index in [1.165, 1.54) is 18.2 Å². The minimum atomic E-state index is -4.85. The molecule has 0 spiro atoms. The van der Waals surface area contributed by atoms with Gasteiger partial charge in [0.2, 0.25) is 10.0 Å². The van der Waals surface area contributed by atoms with Crippen LogP contribution in [0.4, 0.5) is 13.2 Å². The Kier molecular flexibility index (Phi) is 8.63. The number of carbonyl (C=O) groups excluding carboxylic acids is 1. The Morgan fingerprint density at radius 3 is 2.50 bits per heavy atom. The van der Waals surface area contributed by atoms with Crippen molar-refractivity contribution in [1.29, 1.82) is 0 Å². The summed E-state index contributed by atoms with van der Waals surface area (Å²) in [5.74, 6) is -0.336. The summed E-state index contributed by atoms with van der Waals surface area (Å²) in [6, 6.07) is 13.0. The van der Waals surface area contributed by atoms with Crippen molar-refractivity contribution in [3.63, 3.8) is 0 Å². The molecule has 0 bridgehead atoms. The summed E-state index contributed by atoms with van der Waals surface area (Å²) >= 11 is 6.39. The van der Waals surface area contributed by atoms with Gasteiger partial charge in [0, 0.05) is 36.2 Å². The van der Waals surface area contributed by atoms with Crippen LogP contribution in [0, 0.1) is 0 Å². The molecule has 1 amide bonds. The van der Waals surface area contributed by atoms with Gasteiger partial charge in [-0.3, -0.25) is 4.79 Å². The molecule has 0 saturated carbocycles. The Balaban J connectivity index is 1.45. The summed E-state index contributed by atoms with van der Waals surface area (Å²) in [7, 11) is -4.51. The highest BCUT2D eigenvalue weighted by molar-refractivity contribution is 7.89. The van der Waals surface area contributed by atoms with Crippen molar-refractivity contribution in [2.24, 2.45) is 0 Å². The molecule has 8 nitrogen and oxygen atoms in total. The van der Waals surface area contributed by atoms with Crippen LogP contribution in [0.2, 0.25) is 5.02 Å². The van der Waals surface area contributed by atoms with E-state index in [1.807, 2.05) is 24.3 Å². The first-order valence-electron chi connectivity index (χ1n) is 13.0. The lowest BCUT2D eigenvalue weighted by atomic mass is 10.0. The molecule has 0 unspecified atom stereocenters. The highest BCUT2D eigenvalue weighted by atomic mass is 35.5. The van der Waals surface area contributed by atoms with Gasteiger partial charge in [0.15, 0.2) is 0 Å². The van der Waals surface area contributed by atoms with Crippen molar-refractivity contribution in [2.75, 3.05) is 32.9 Å². The minimum Gasteiger partial charge on any atom is -0.395 e. The number of alkyl halides is 3. The van der Waals surface area contributed by atoms with Gasteiger partial charge in [0.1, 0.15) is 0 Å². The van der Waals surface area contributed by atoms with Crippen molar-refractivity contribution in [2.45, 2.75) is 23.5 Å². The molecule has 3 aromatic carbocycles. The summed E-state index contributed by atoms with van der Waals surface area (Å²) in [6.07, 6.45) is -3.06. The number of rotatable bonds is 8. The molecule has 42 heavy (non-hydrogen) atoms. The molecule has 1 saturated heterocycles. The maximum atomic E-state index is 13.9. The number of benzene rings is 3. The summed E-state index contributed by atoms with van der Waals surface area (Å²) < 4.78 is 76.0. The number of sulfonamides is 1. The lowest BCUT2D eigenvalue weighted by molar-refractivity contribution is -0.137. The summed E-state index contributed by atoms with van der Waals surface area (Å²) in [5.41, 5.74) is 0.687. The summed E-state index contributed by atoms with van der Waals surface area (Å²) in [4.78, 5) is 16.9. The normalized spacial score (nSPS) is 15.2. The number of amides is 1. The van der Waals surface area contributed by atoms with Crippen molar-refractivity contribution in [3.05, 3.63) is 88.6 Å². The van der Waals surface area contributed by atoms with Crippen LogP contribution in [0.5, 0.6) is 0 Å². The van der Waals surface area contributed by atoms with E-state index in [1.54, 1.807) is 11.1 Å². The molecule has 4 aromatic rings. The van der Waals surface area contributed by atoms with Gasteiger partial charge in [0.25, 0.3) is 5.91 Å². The number of nitrogens with zero attached hydrogens (tertiary/aromatic N) is 1. The molecule has 5 rings (SSSR count). The van der Waals surface area contributed by atoms with Crippen LogP contribution in [0.1, 0.15) is 21.5 Å². The third kappa shape index (κ3) is 6.47. The number of para-hydroxylation sites is 1. The molecule has 1 aliphatic heterocycles. The predicted molar refractivity (Wildman–Crippen MR) is 152 cm³/mol.